The zero-order valence-electron chi connectivity index (χ0n) is 11.9. The molecule has 1 saturated heterocycles. The number of urea groups is 1. The molecule has 1 aliphatic rings. The van der Waals surface area contributed by atoms with Crippen LogP contribution >= 0.6 is 23.4 Å². The number of nitrogens with zero attached hydrogens (tertiary/aromatic N) is 1. The van der Waals surface area contributed by atoms with E-state index in [0.29, 0.717) is 17.8 Å². The molecule has 1 fully saturated rings. The van der Waals surface area contributed by atoms with Gasteiger partial charge in [0.25, 0.3) is 0 Å². The predicted molar refractivity (Wildman–Crippen MR) is 88.7 cm³/mol. The van der Waals surface area contributed by atoms with Crippen LogP contribution in [-0.2, 0) is 0 Å². The molecule has 3 rings (SSSR count). The fourth-order valence-corrected chi connectivity index (χ4v) is 3.84. The van der Waals surface area contributed by atoms with E-state index >= 15 is 0 Å². The highest BCUT2D eigenvalue weighted by atomic mass is 35.5. The Morgan fingerprint density at radius 1 is 1.22 bits per heavy atom. The molecule has 3 nitrogen and oxygen atoms in total. The Bertz CT molecular complexity index is 744. The fraction of sp³-hybridized carbons (Fsp3) is 0.188. The molecule has 0 unspecified atom stereocenters. The molecule has 2 amide bonds. The number of thioether (sulfide) groups is 1. The van der Waals surface area contributed by atoms with E-state index in [2.05, 4.69) is 5.32 Å². The van der Waals surface area contributed by atoms with E-state index in [-0.39, 0.29) is 22.2 Å². The summed E-state index contributed by atoms with van der Waals surface area (Å²) in [6, 6.07) is 10.0. The Labute approximate surface area is 141 Å². The Kier molecular flexibility index (Phi) is 4.73. The summed E-state index contributed by atoms with van der Waals surface area (Å²) in [5, 5.41) is 2.22. The van der Waals surface area contributed by atoms with Gasteiger partial charge in [-0.25, -0.2) is 13.6 Å². The zero-order valence-corrected chi connectivity index (χ0v) is 13.5. The van der Waals surface area contributed by atoms with E-state index in [1.165, 1.54) is 36.0 Å². The summed E-state index contributed by atoms with van der Waals surface area (Å²) in [6.45, 7) is 0.504. The van der Waals surface area contributed by atoms with E-state index in [9.17, 15) is 13.6 Å². The highest BCUT2D eigenvalue weighted by molar-refractivity contribution is 7.99. The van der Waals surface area contributed by atoms with Crippen LogP contribution in [0.3, 0.4) is 0 Å². The van der Waals surface area contributed by atoms with Crippen LogP contribution in [0.25, 0.3) is 0 Å². The molecular weight excluding hydrogens is 342 g/mol. The summed E-state index contributed by atoms with van der Waals surface area (Å²) in [4.78, 5) is 14.0. The van der Waals surface area contributed by atoms with Gasteiger partial charge in [-0.3, -0.25) is 0 Å². The molecule has 0 bridgehead atoms. The number of amides is 2. The molecule has 1 heterocycles. The first-order valence-electron chi connectivity index (χ1n) is 6.95. The molecule has 23 heavy (non-hydrogen) atoms. The van der Waals surface area contributed by atoms with E-state index in [4.69, 9.17) is 11.6 Å². The second-order valence-electron chi connectivity index (χ2n) is 5.00. The van der Waals surface area contributed by atoms with E-state index in [0.717, 1.165) is 5.75 Å². The monoisotopic (exact) mass is 354 g/mol. The third kappa shape index (κ3) is 3.43. The predicted octanol–water partition coefficient (Wildman–Crippen LogP) is 4.90. The Morgan fingerprint density at radius 3 is 2.74 bits per heavy atom. The first-order valence-corrected chi connectivity index (χ1v) is 8.37. The molecule has 120 valence electrons. The van der Waals surface area contributed by atoms with Crippen molar-refractivity contribution in [3.8, 4) is 0 Å². The van der Waals surface area contributed by atoms with Gasteiger partial charge >= 0.3 is 6.03 Å². The van der Waals surface area contributed by atoms with Crippen LogP contribution in [0.1, 0.15) is 10.9 Å². The van der Waals surface area contributed by atoms with Crippen molar-refractivity contribution in [1.82, 2.24) is 4.90 Å². The van der Waals surface area contributed by atoms with Gasteiger partial charge in [-0.05, 0) is 24.3 Å². The van der Waals surface area contributed by atoms with Crippen molar-refractivity contribution < 1.29 is 13.6 Å². The Balaban J connectivity index is 1.78. The van der Waals surface area contributed by atoms with Crippen LogP contribution in [-0.4, -0.2) is 23.2 Å². The molecule has 0 spiro atoms. The van der Waals surface area contributed by atoms with Crippen LogP contribution in [0.15, 0.2) is 42.5 Å². The average molecular weight is 355 g/mol. The number of halogens is 3. The van der Waals surface area contributed by atoms with Crippen LogP contribution in [0.2, 0.25) is 5.02 Å². The van der Waals surface area contributed by atoms with Crippen molar-refractivity contribution >= 4 is 35.1 Å². The minimum absolute atomic E-state index is 0.0655. The molecular formula is C16H13ClF2N2OS. The Hall–Kier alpha value is -1.79. The van der Waals surface area contributed by atoms with Crippen molar-refractivity contribution in [1.29, 1.82) is 0 Å². The lowest BCUT2D eigenvalue weighted by Crippen LogP contribution is -2.34. The number of nitrogens with one attached hydrogen (secondary N) is 1. The second kappa shape index (κ2) is 6.76. The number of rotatable bonds is 2. The van der Waals surface area contributed by atoms with Gasteiger partial charge < -0.3 is 10.2 Å². The van der Waals surface area contributed by atoms with Gasteiger partial charge in [0.15, 0.2) is 0 Å². The van der Waals surface area contributed by atoms with Crippen LogP contribution in [0, 0.1) is 11.6 Å². The molecule has 0 aliphatic carbocycles. The maximum absolute atomic E-state index is 14.0. The van der Waals surface area contributed by atoms with E-state index in [1.807, 2.05) is 0 Å². The molecule has 1 atom stereocenters. The Morgan fingerprint density at radius 2 is 2.00 bits per heavy atom. The standard InChI is InChI=1S/C16H13ClF2N2OS/c17-12-9-10(5-6-14(12)19)20-16(22)21-7-8-23-15(21)11-3-1-2-4-13(11)18/h1-6,9,15H,7-8H2,(H,20,22)/t15-/m1/s1. The quantitative estimate of drug-likeness (QED) is 0.832. The maximum atomic E-state index is 14.0. The number of carbonyl (C=O) groups is 1. The van der Waals surface area contributed by atoms with Crippen molar-refractivity contribution in [2.45, 2.75) is 5.37 Å². The number of anilines is 1. The number of benzene rings is 2. The van der Waals surface area contributed by atoms with Gasteiger partial charge in [-0.1, -0.05) is 29.8 Å². The summed E-state index contributed by atoms with van der Waals surface area (Å²) in [5.74, 6) is -0.170. The van der Waals surface area contributed by atoms with Crippen molar-refractivity contribution in [2.24, 2.45) is 0 Å². The normalized spacial score (nSPS) is 17.3. The van der Waals surface area contributed by atoms with Crippen LogP contribution < -0.4 is 5.32 Å². The summed E-state index contributed by atoms with van der Waals surface area (Å²) >= 11 is 7.21. The minimum atomic E-state index is -0.550. The molecule has 1 aliphatic heterocycles. The number of hydrogen-bond acceptors (Lipinski definition) is 2. The van der Waals surface area contributed by atoms with E-state index in [1.54, 1.807) is 23.1 Å². The summed E-state index contributed by atoms with van der Waals surface area (Å²) in [7, 11) is 0. The van der Waals surface area contributed by atoms with Gasteiger partial charge in [0.1, 0.15) is 17.0 Å². The summed E-state index contributed by atoms with van der Waals surface area (Å²) in [6.07, 6.45) is 0. The zero-order chi connectivity index (χ0) is 16.4. The van der Waals surface area contributed by atoms with Gasteiger partial charge in [0, 0.05) is 23.5 Å². The molecule has 0 saturated carbocycles. The number of carbonyl (C=O) groups excluding carboxylic acids is 1. The lowest BCUT2D eigenvalue weighted by molar-refractivity contribution is 0.213. The highest BCUT2D eigenvalue weighted by Crippen LogP contribution is 2.39. The van der Waals surface area contributed by atoms with Gasteiger partial charge in [0.2, 0.25) is 0 Å². The van der Waals surface area contributed by atoms with Crippen LogP contribution in [0.4, 0.5) is 19.3 Å². The van der Waals surface area contributed by atoms with Crippen molar-refractivity contribution in [3.05, 3.63) is 64.7 Å². The largest absolute Gasteiger partial charge is 0.323 e. The first kappa shape index (κ1) is 16.1. The lowest BCUT2D eigenvalue weighted by Gasteiger charge is -2.24. The highest BCUT2D eigenvalue weighted by Gasteiger charge is 2.32. The summed E-state index contributed by atoms with van der Waals surface area (Å²) in [5.41, 5.74) is 0.868. The second-order valence-corrected chi connectivity index (χ2v) is 6.59. The SMILES string of the molecule is O=C(Nc1ccc(F)c(Cl)c1)N1CCS[C@@H]1c1ccccc1F. The first-order chi connectivity index (χ1) is 11.1. The smallest absolute Gasteiger partial charge is 0.308 e. The lowest BCUT2D eigenvalue weighted by atomic mass is 10.2. The minimum Gasteiger partial charge on any atom is -0.308 e. The molecule has 2 aromatic rings. The van der Waals surface area contributed by atoms with Crippen molar-refractivity contribution in [3.63, 3.8) is 0 Å². The number of hydrogen-bond donors (Lipinski definition) is 1. The fourth-order valence-electron chi connectivity index (χ4n) is 2.38. The summed E-state index contributed by atoms with van der Waals surface area (Å²) < 4.78 is 27.1. The van der Waals surface area contributed by atoms with Gasteiger partial charge in [0.05, 0.1) is 5.02 Å². The topological polar surface area (TPSA) is 32.3 Å². The molecule has 0 radical (unpaired) electrons. The van der Waals surface area contributed by atoms with Gasteiger partial charge in [-0.15, -0.1) is 11.8 Å². The maximum Gasteiger partial charge on any atom is 0.323 e. The molecule has 2 aromatic carbocycles. The molecule has 0 aromatic heterocycles. The third-order valence-electron chi connectivity index (χ3n) is 3.49. The van der Waals surface area contributed by atoms with Crippen LogP contribution in [0.5, 0.6) is 0 Å². The van der Waals surface area contributed by atoms with E-state index < -0.39 is 5.82 Å². The van der Waals surface area contributed by atoms with Crippen molar-refractivity contribution in [2.75, 3.05) is 17.6 Å². The molecule has 1 N–H and O–H groups in total. The van der Waals surface area contributed by atoms with Gasteiger partial charge in [-0.2, -0.15) is 0 Å². The molecule has 7 heteroatoms. The third-order valence-corrected chi connectivity index (χ3v) is 5.03. The average Bonchev–Trinajstić information content (AvgIpc) is 3.01.